The summed E-state index contributed by atoms with van der Waals surface area (Å²) in [6, 6.07) is 21.1. The summed E-state index contributed by atoms with van der Waals surface area (Å²) >= 11 is 1.68. The maximum absolute atomic E-state index is 10.9. The van der Waals surface area contributed by atoms with Gasteiger partial charge in [0.15, 0.2) is 0 Å². The number of rotatable bonds is 8. The fourth-order valence-corrected chi connectivity index (χ4v) is 4.34. The average molecular weight is 468 g/mol. The smallest absolute Gasteiger partial charge is 0.264 e. The van der Waals surface area contributed by atoms with Crippen LogP contribution in [0.2, 0.25) is 0 Å². The lowest BCUT2D eigenvalue weighted by molar-refractivity contribution is 0.222. The Labute approximate surface area is 190 Å². The molecule has 0 radical (unpaired) electrons. The second-order valence-electron chi connectivity index (χ2n) is 7.11. The highest BCUT2D eigenvalue weighted by Crippen LogP contribution is 2.32. The first-order valence-electron chi connectivity index (χ1n) is 9.82. The van der Waals surface area contributed by atoms with Crippen molar-refractivity contribution in [2.75, 3.05) is 19.5 Å². The Morgan fingerprint density at radius 2 is 1.56 bits per heavy atom. The summed E-state index contributed by atoms with van der Waals surface area (Å²) in [4.78, 5) is 4.71. The summed E-state index contributed by atoms with van der Waals surface area (Å²) in [7, 11) is -3.46. The molecule has 0 aliphatic carbocycles. The van der Waals surface area contributed by atoms with Crippen molar-refractivity contribution in [3.05, 3.63) is 72.3 Å². The Bertz CT molecular complexity index is 1350. The van der Waals surface area contributed by atoms with Gasteiger partial charge in [-0.15, -0.1) is 11.3 Å². The molecule has 0 N–H and O–H groups in total. The lowest BCUT2D eigenvalue weighted by Gasteiger charge is -2.05. The van der Waals surface area contributed by atoms with Crippen molar-refractivity contribution in [1.82, 2.24) is 4.98 Å². The molecular weight excluding hydrogens is 446 g/mol. The summed E-state index contributed by atoms with van der Waals surface area (Å²) < 4.78 is 33.1. The van der Waals surface area contributed by atoms with Gasteiger partial charge in [-0.3, -0.25) is 4.18 Å². The van der Waals surface area contributed by atoms with Crippen molar-refractivity contribution in [3.8, 4) is 16.3 Å². The van der Waals surface area contributed by atoms with Crippen LogP contribution >= 0.6 is 11.3 Å². The van der Waals surface area contributed by atoms with Crippen LogP contribution in [0.4, 0.5) is 11.4 Å². The zero-order valence-electron chi connectivity index (χ0n) is 17.6. The number of aryl methyl sites for hydroxylation is 1. The topological polar surface area (TPSA) is 90.2 Å². The van der Waals surface area contributed by atoms with E-state index in [0.29, 0.717) is 11.4 Å². The van der Waals surface area contributed by atoms with E-state index in [-0.39, 0.29) is 13.2 Å². The average Bonchev–Trinajstić information content (AvgIpc) is 3.19. The van der Waals surface area contributed by atoms with Crippen molar-refractivity contribution in [2.24, 2.45) is 10.2 Å². The molecule has 0 fully saturated rings. The Hall–Kier alpha value is -3.14. The minimum Gasteiger partial charge on any atom is -0.491 e. The number of benzene rings is 3. The van der Waals surface area contributed by atoms with Gasteiger partial charge in [-0.2, -0.15) is 18.6 Å². The minimum atomic E-state index is -3.46. The highest BCUT2D eigenvalue weighted by atomic mass is 32.2. The van der Waals surface area contributed by atoms with Crippen molar-refractivity contribution in [2.45, 2.75) is 6.92 Å². The molecule has 1 heterocycles. The molecule has 7 nitrogen and oxygen atoms in total. The fraction of sp³-hybridized carbons (Fsp3) is 0.174. The van der Waals surface area contributed by atoms with Crippen LogP contribution in [0.25, 0.3) is 20.8 Å². The molecule has 0 saturated heterocycles. The highest BCUT2D eigenvalue weighted by molar-refractivity contribution is 7.85. The molecule has 0 aliphatic rings. The van der Waals surface area contributed by atoms with E-state index >= 15 is 0 Å². The number of ether oxygens (including phenoxy) is 1. The predicted octanol–water partition coefficient (Wildman–Crippen LogP) is 6.04. The van der Waals surface area contributed by atoms with Crippen LogP contribution in [0, 0.1) is 6.92 Å². The second-order valence-corrected chi connectivity index (χ2v) is 9.78. The summed E-state index contributed by atoms with van der Waals surface area (Å²) in [5.74, 6) is 0.594. The van der Waals surface area contributed by atoms with Gasteiger partial charge < -0.3 is 4.74 Å². The molecule has 0 atom stereocenters. The van der Waals surface area contributed by atoms with Gasteiger partial charge in [0.1, 0.15) is 24.0 Å². The number of fused-ring (bicyclic) bond motifs is 1. The van der Waals surface area contributed by atoms with Gasteiger partial charge in [-0.1, -0.05) is 6.07 Å². The maximum Gasteiger partial charge on any atom is 0.264 e. The van der Waals surface area contributed by atoms with Crippen LogP contribution in [0.15, 0.2) is 77.0 Å². The lowest BCUT2D eigenvalue weighted by atomic mass is 10.2. The third-order valence-electron chi connectivity index (χ3n) is 4.43. The van der Waals surface area contributed by atoms with Crippen LogP contribution < -0.4 is 4.74 Å². The highest BCUT2D eigenvalue weighted by Gasteiger charge is 2.06. The molecular formula is C23H21N3O4S2. The quantitative estimate of drug-likeness (QED) is 0.179. The number of nitrogens with zero attached hydrogens (tertiary/aromatic N) is 3. The zero-order chi connectivity index (χ0) is 22.6. The Balaban J connectivity index is 1.36. The molecule has 4 rings (SSSR count). The van der Waals surface area contributed by atoms with E-state index in [0.717, 1.165) is 28.0 Å². The van der Waals surface area contributed by atoms with Gasteiger partial charge in [0, 0.05) is 5.56 Å². The summed E-state index contributed by atoms with van der Waals surface area (Å²) in [5.41, 5.74) is 4.70. The summed E-state index contributed by atoms with van der Waals surface area (Å²) in [6.45, 7) is 2.18. The van der Waals surface area contributed by atoms with E-state index in [1.807, 2.05) is 30.3 Å². The van der Waals surface area contributed by atoms with E-state index < -0.39 is 10.1 Å². The van der Waals surface area contributed by atoms with Crippen LogP contribution in [-0.2, 0) is 14.3 Å². The molecule has 0 amide bonds. The number of aromatic nitrogens is 1. The predicted molar refractivity (Wildman–Crippen MR) is 127 cm³/mol. The normalized spacial score (nSPS) is 11.9. The van der Waals surface area contributed by atoms with E-state index in [4.69, 9.17) is 9.72 Å². The number of azo groups is 1. The SMILES string of the molecule is Cc1ccc2nc(-c3ccc(/N=N/c4ccc(OCCOS(C)(=O)=O)cc4)cc3)sc2c1. The number of hydrogen-bond donors (Lipinski definition) is 0. The zero-order valence-corrected chi connectivity index (χ0v) is 19.2. The molecule has 164 valence electrons. The van der Waals surface area contributed by atoms with Gasteiger partial charge in [-0.25, -0.2) is 4.98 Å². The van der Waals surface area contributed by atoms with E-state index in [1.165, 1.54) is 10.3 Å². The molecule has 0 saturated carbocycles. The Kier molecular flexibility index (Phi) is 6.59. The molecule has 3 aromatic carbocycles. The third-order valence-corrected chi connectivity index (χ3v) is 6.09. The summed E-state index contributed by atoms with van der Waals surface area (Å²) in [6.07, 6.45) is 1.00. The second kappa shape index (κ2) is 9.56. The van der Waals surface area contributed by atoms with Crippen LogP contribution in [0.1, 0.15) is 5.56 Å². The Morgan fingerprint density at radius 3 is 2.22 bits per heavy atom. The van der Waals surface area contributed by atoms with Gasteiger partial charge in [0.25, 0.3) is 10.1 Å². The van der Waals surface area contributed by atoms with Crippen LogP contribution in [0.3, 0.4) is 0 Å². The molecule has 1 aromatic heterocycles. The largest absolute Gasteiger partial charge is 0.491 e. The molecule has 32 heavy (non-hydrogen) atoms. The van der Waals surface area contributed by atoms with Gasteiger partial charge >= 0.3 is 0 Å². The van der Waals surface area contributed by atoms with E-state index in [9.17, 15) is 8.42 Å². The van der Waals surface area contributed by atoms with Gasteiger partial charge in [-0.05, 0) is 73.2 Å². The molecule has 0 bridgehead atoms. The van der Waals surface area contributed by atoms with Crippen LogP contribution in [-0.4, -0.2) is 32.9 Å². The lowest BCUT2D eigenvalue weighted by Crippen LogP contribution is -2.11. The molecule has 4 aromatic rings. The van der Waals surface area contributed by atoms with E-state index in [2.05, 4.69) is 33.5 Å². The molecule has 9 heteroatoms. The molecule has 0 spiro atoms. The van der Waals surface area contributed by atoms with E-state index in [1.54, 1.807) is 35.6 Å². The van der Waals surface area contributed by atoms with Crippen molar-refractivity contribution >= 4 is 43.0 Å². The van der Waals surface area contributed by atoms with Crippen LogP contribution in [0.5, 0.6) is 5.75 Å². The first-order chi connectivity index (χ1) is 15.4. The van der Waals surface area contributed by atoms with Crippen molar-refractivity contribution in [1.29, 1.82) is 0 Å². The Morgan fingerprint density at radius 1 is 0.906 bits per heavy atom. The van der Waals surface area contributed by atoms with Crippen molar-refractivity contribution in [3.63, 3.8) is 0 Å². The van der Waals surface area contributed by atoms with Gasteiger partial charge in [0.05, 0.1) is 27.8 Å². The number of hydrogen-bond acceptors (Lipinski definition) is 8. The van der Waals surface area contributed by atoms with Crippen molar-refractivity contribution < 1.29 is 17.3 Å². The maximum atomic E-state index is 10.9. The van der Waals surface area contributed by atoms with Gasteiger partial charge in [0.2, 0.25) is 0 Å². The monoisotopic (exact) mass is 467 g/mol. The molecule has 0 aliphatic heterocycles. The number of thiazole rings is 1. The minimum absolute atomic E-state index is 0.0348. The third kappa shape index (κ3) is 5.97. The fourth-order valence-electron chi connectivity index (χ4n) is 2.90. The summed E-state index contributed by atoms with van der Waals surface area (Å²) in [5, 5.41) is 9.50. The standard InChI is InChI=1S/C23H21N3O4S2/c1-16-3-12-21-22(15-16)31-23(24-21)17-4-6-18(7-5-17)25-26-19-8-10-20(11-9-19)29-13-14-30-32(2,27)28/h3-12,15H,13-14H2,1-2H3/b26-25+. The first kappa shape index (κ1) is 22.1. The molecule has 0 unspecified atom stereocenters. The first-order valence-corrected chi connectivity index (χ1v) is 12.5.